The molecule has 1 aliphatic heterocycles. The molecule has 0 unspecified atom stereocenters. The normalized spacial score (nSPS) is 24.0. The van der Waals surface area contributed by atoms with Crippen molar-refractivity contribution >= 4 is 35.2 Å². The van der Waals surface area contributed by atoms with E-state index in [1.165, 1.54) is 25.0 Å². The van der Waals surface area contributed by atoms with Crippen LogP contribution in [0.3, 0.4) is 0 Å². The first-order valence-electron chi connectivity index (χ1n) is 21.8. The molecule has 3 N–H and O–H groups in total. The van der Waals surface area contributed by atoms with E-state index >= 15 is 0 Å². The van der Waals surface area contributed by atoms with Crippen LogP contribution in [0.2, 0.25) is 0 Å². The molecule has 4 amide bonds. The number of carbonyl (C=O) groups excluding carboxylic acids is 6. The van der Waals surface area contributed by atoms with E-state index in [0.717, 1.165) is 77.0 Å². The van der Waals surface area contributed by atoms with Crippen molar-refractivity contribution in [1.29, 1.82) is 0 Å². The van der Waals surface area contributed by atoms with Gasteiger partial charge in [0.25, 0.3) is 11.8 Å². The van der Waals surface area contributed by atoms with Crippen LogP contribution in [-0.4, -0.2) is 80.8 Å². The number of likely N-dealkylation sites (tertiary alicyclic amines) is 1. The summed E-state index contributed by atoms with van der Waals surface area (Å²) in [6, 6.07) is -2.42. The van der Waals surface area contributed by atoms with Gasteiger partial charge in [0, 0.05) is 37.3 Å². The van der Waals surface area contributed by atoms with Gasteiger partial charge in [-0.3, -0.25) is 33.8 Å². The molecule has 2 heterocycles. The van der Waals surface area contributed by atoms with Gasteiger partial charge in [-0.05, 0) is 93.8 Å². The molecule has 3 saturated carbocycles. The number of fused-ring (bicyclic) bond motifs is 1. The molecular weight excluding hydrogens is 709 g/mol. The number of aromatic nitrogens is 2. The van der Waals surface area contributed by atoms with E-state index in [-0.39, 0.29) is 53.5 Å². The predicted molar refractivity (Wildman–Crippen MR) is 214 cm³/mol. The quantitative estimate of drug-likeness (QED) is 0.159. The minimum atomic E-state index is -0.959. The smallest absolute Gasteiger partial charge is 0.289 e. The van der Waals surface area contributed by atoms with Crippen molar-refractivity contribution in [3.8, 4) is 0 Å². The zero-order valence-corrected chi connectivity index (χ0v) is 34.7. The maximum absolute atomic E-state index is 14.7. The molecule has 0 bridgehead atoms. The minimum Gasteiger partial charge on any atom is -0.347 e. The number of Topliss-reactive ketones (excluding diaryl/α,β-unsaturated/α-hetero) is 2. The molecule has 1 aromatic heterocycles. The number of nitrogens with zero attached hydrogens (tertiary/aromatic N) is 3. The molecule has 0 aromatic carbocycles. The third kappa shape index (κ3) is 11.0. The Bertz CT molecular complexity index is 1520. The maximum atomic E-state index is 14.7. The highest BCUT2D eigenvalue weighted by atomic mass is 16.2. The molecule has 56 heavy (non-hydrogen) atoms. The maximum Gasteiger partial charge on any atom is 0.289 e. The van der Waals surface area contributed by atoms with E-state index < -0.39 is 47.1 Å². The van der Waals surface area contributed by atoms with Crippen molar-refractivity contribution in [3.63, 3.8) is 0 Å². The van der Waals surface area contributed by atoms with E-state index in [1.807, 2.05) is 34.6 Å². The second-order valence-corrected chi connectivity index (χ2v) is 18.4. The standard InChI is InChI=1S/C44H68N6O6/c1-6-15-34(39(52)42(55)47-28(2)29-16-9-7-10-17-29)48-41(54)38-32-21-13-20-31(32)27-50(38)43(56)33(44(3,4)5)22-14-23-36(51)37(30-18-11-8-12-19-30)49-40(53)35-26-45-24-25-46-35/h24-26,28-34,37-38H,6-23,27H2,1-5H3,(H,47,55)(H,48,54)(H,49,53)/t28-,31-,32-,33+,34-,37-,38-/m0/s1. The second-order valence-electron chi connectivity index (χ2n) is 18.4. The lowest BCUT2D eigenvalue weighted by molar-refractivity contribution is -0.147. The minimum absolute atomic E-state index is 0.00663. The lowest BCUT2D eigenvalue weighted by Crippen LogP contribution is -2.56. The van der Waals surface area contributed by atoms with Crippen molar-refractivity contribution in [3.05, 3.63) is 24.3 Å². The van der Waals surface area contributed by atoms with E-state index in [4.69, 9.17) is 0 Å². The Morgan fingerprint density at radius 3 is 2.12 bits per heavy atom. The van der Waals surface area contributed by atoms with Gasteiger partial charge in [-0.25, -0.2) is 4.98 Å². The van der Waals surface area contributed by atoms with Crippen LogP contribution in [-0.2, 0) is 24.0 Å². The first-order valence-corrected chi connectivity index (χ1v) is 21.8. The molecule has 4 fully saturated rings. The zero-order valence-electron chi connectivity index (χ0n) is 34.7. The lowest BCUT2D eigenvalue weighted by atomic mass is 9.76. The first kappa shape index (κ1) is 43.4. The number of ketones is 2. The molecule has 310 valence electrons. The molecule has 0 spiro atoms. The Labute approximate surface area is 334 Å². The number of hydrogen-bond acceptors (Lipinski definition) is 8. The summed E-state index contributed by atoms with van der Waals surface area (Å²) in [5.41, 5.74) is -0.276. The predicted octanol–water partition coefficient (Wildman–Crippen LogP) is 6.12. The van der Waals surface area contributed by atoms with Crippen LogP contribution in [0.5, 0.6) is 0 Å². The SMILES string of the molecule is CCC[C@H](NC(=O)[C@@H]1[C@H]2CCC[C@H]2CN1C(=O)[C@@H](CCCC(=O)[C@@H](NC(=O)c1cnccn1)C1CCCCC1)C(C)(C)C)C(=O)C(=O)N[C@@H](C)C1CCCCC1. The highest BCUT2D eigenvalue weighted by molar-refractivity contribution is 6.38. The molecule has 12 nitrogen and oxygen atoms in total. The lowest BCUT2D eigenvalue weighted by Gasteiger charge is -2.36. The van der Waals surface area contributed by atoms with Crippen molar-refractivity contribution in [2.24, 2.45) is 35.0 Å². The van der Waals surface area contributed by atoms with Crippen molar-refractivity contribution < 1.29 is 28.8 Å². The summed E-state index contributed by atoms with van der Waals surface area (Å²) >= 11 is 0. The Balaban J connectivity index is 1.25. The summed E-state index contributed by atoms with van der Waals surface area (Å²) < 4.78 is 0. The Morgan fingerprint density at radius 2 is 1.50 bits per heavy atom. The van der Waals surface area contributed by atoms with E-state index in [1.54, 1.807) is 4.90 Å². The number of amides is 4. The summed E-state index contributed by atoms with van der Waals surface area (Å²) in [5, 5.41) is 8.89. The summed E-state index contributed by atoms with van der Waals surface area (Å²) in [6.07, 6.45) is 19.6. The zero-order chi connectivity index (χ0) is 40.4. The van der Waals surface area contributed by atoms with Crippen LogP contribution in [0.15, 0.2) is 18.6 Å². The molecule has 5 rings (SSSR count). The summed E-state index contributed by atoms with van der Waals surface area (Å²) in [5.74, 6) is -2.04. The Kier molecular flexibility index (Phi) is 15.6. The summed E-state index contributed by atoms with van der Waals surface area (Å²) in [6.45, 7) is 10.5. The molecule has 12 heteroatoms. The van der Waals surface area contributed by atoms with Crippen LogP contribution in [0.1, 0.15) is 161 Å². The third-order valence-corrected chi connectivity index (χ3v) is 13.4. The Morgan fingerprint density at radius 1 is 0.821 bits per heavy atom. The Hall–Kier alpha value is -3.70. The van der Waals surface area contributed by atoms with E-state index in [2.05, 4.69) is 25.9 Å². The number of nitrogens with one attached hydrogen (secondary N) is 3. The molecule has 0 radical (unpaired) electrons. The van der Waals surface area contributed by atoms with Gasteiger partial charge in [-0.15, -0.1) is 0 Å². The van der Waals surface area contributed by atoms with Crippen LogP contribution >= 0.6 is 0 Å². The second kappa shape index (κ2) is 20.1. The van der Waals surface area contributed by atoms with Gasteiger partial charge in [-0.1, -0.05) is 79.1 Å². The average Bonchev–Trinajstić information content (AvgIpc) is 3.80. The topological polar surface area (TPSA) is 168 Å². The third-order valence-electron chi connectivity index (χ3n) is 13.4. The molecule has 4 aliphatic rings. The first-order chi connectivity index (χ1) is 26.8. The molecular formula is C44H68N6O6. The van der Waals surface area contributed by atoms with Gasteiger partial charge in [0.05, 0.1) is 18.3 Å². The van der Waals surface area contributed by atoms with Crippen molar-refractivity contribution in [2.75, 3.05) is 6.54 Å². The number of carbonyl (C=O) groups is 6. The van der Waals surface area contributed by atoms with Crippen LogP contribution in [0.4, 0.5) is 0 Å². The van der Waals surface area contributed by atoms with E-state index in [0.29, 0.717) is 38.1 Å². The highest BCUT2D eigenvalue weighted by Gasteiger charge is 2.52. The fourth-order valence-corrected chi connectivity index (χ4v) is 10.2. The number of rotatable bonds is 17. The van der Waals surface area contributed by atoms with Gasteiger partial charge in [0.2, 0.25) is 17.6 Å². The van der Waals surface area contributed by atoms with Crippen molar-refractivity contribution in [2.45, 2.75) is 174 Å². The largest absolute Gasteiger partial charge is 0.347 e. The van der Waals surface area contributed by atoms with Crippen LogP contribution in [0, 0.1) is 35.0 Å². The van der Waals surface area contributed by atoms with Crippen LogP contribution in [0.25, 0.3) is 0 Å². The van der Waals surface area contributed by atoms with Gasteiger partial charge < -0.3 is 20.9 Å². The molecule has 1 saturated heterocycles. The van der Waals surface area contributed by atoms with Crippen LogP contribution < -0.4 is 16.0 Å². The summed E-state index contributed by atoms with van der Waals surface area (Å²) in [4.78, 5) is 92.7. The van der Waals surface area contributed by atoms with Gasteiger partial charge >= 0.3 is 0 Å². The fourth-order valence-electron chi connectivity index (χ4n) is 10.2. The molecule has 7 atom stereocenters. The number of hydrogen-bond donors (Lipinski definition) is 3. The fraction of sp³-hybridized carbons (Fsp3) is 0.773. The van der Waals surface area contributed by atoms with E-state index in [9.17, 15) is 28.8 Å². The van der Waals surface area contributed by atoms with Crippen molar-refractivity contribution in [1.82, 2.24) is 30.8 Å². The average molecular weight is 777 g/mol. The summed E-state index contributed by atoms with van der Waals surface area (Å²) in [7, 11) is 0. The highest BCUT2D eigenvalue weighted by Crippen LogP contribution is 2.44. The van der Waals surface area contributed by atoms with Gasteiger partial charge in [0.15, 0.2) is 5.78 Å². The van der Waals surface area contributed by atoms with Gasteiger partial charge in [0.1, 0.15) is 11.7 Å². The van der Waals surface area contributed by atoms with Gasteiger partial charge in [-0.2, -0.15) is 0 Å². The monoisotopic (exact) mass is 777 g/mol. The molecule has 1 aromatic rings. The molecule has 3 aliphatic carbocycles.